The van der Waals surface area contributed by atoms with Gasteiger partial charge in [0.15, 0.2) is 12.4 Å². The molecule has 0 N–H and O–H groups in total. The molecule has 1 heterocycles. The molecule has 0 amide bonds. The molecule has 1 fully saturated rings. The third-order valence-corrected chi connectivity index (χ3v) is 4.68. The highest BCUT2D eigenvalue weighted by Crippen LogP contribution is 2.64. The lowest BCUT2D eigenvalue weighted by molar-refractivity contribution is -0.151. The molecule has 2 aromatic rings. The van der Waals surface area contributed by atoms with E-state index in [4.69, 9.17) is 27.9 Å². The molecule has 0 bridgehead atoms. The minimum Gasteiger partial charge on any atom is -0.457 e. The average Bonchev–Trinajstić information content (AvgIpc) is 2.83. The molecule has 0 spiro atoms. The Kier molecular flexibility index (Phi) is 3.37. The van der Waals surface area contributed by atoms with Crippen LogP contribution in [0.3, 0.4) is 0 Å². The molecule has 6 nitrogen and oxygen atoms in total. The lowest BCUT2D eigenvalue weighted by Gasteiger charge is -2.11. The predicted molar refractivity (Wildman–Crippen MR) is 76.1 cm³/mol. The first-order valence-corrected chi connectivity index (χ1v) is 7.07. The van der Waals surface area contributed by atoms with E-state index in [0.717, 1.165) is 5.69 Å². The van der Waals surface area contributed by atoms with Crippen LogP contribution in [0.15, 0.2) is 30.3 Å². The highest BCUT2D eigenvalue weighted by molar-refractivity contribution is 6.53. The van der Waals surface area contributed by atoms with Gasteiger partial charge >= 0.3 is 5.97 Å². The molecule has 8 heteroatoms. The maximum absolute atomic E-state index is 12.0. The van der Waals surface area contributed by atoms with E-state index in [1.165, 1.54) is 4.68 Å². The molecule has 1 saturated carbocycles. The van der Waals surface area contributed by atoms with Crippen LogP contribution < -0.4 is 0 Å². The van der Waals surface area contributed by atoms with Crippen LogP contribution in [-0.4, -0.2) is 30.5 Å². The van der Waals surface area contributed by atoms with Crippen LogP contribution in [0.4, 0.5) is 0 Å². The maximum Gasteiger partial charge on any atom is 0.315 e. The summed E-state index contributed by atoms with van der Waals surface area (Å²) in [7, 11) is 0. The molecule has 1 aliphatic carbocycles. The topological polar surface area (TPSA) is 69.9 Å². The number of hydrogen-bond acceptors (Lipinski definition) is 5. The van der Waals surface area contributed by atoms with Crippen molar-refractivity contribution >= 4 is 29.2 Å². The molecule has 0 saturated heterocycles. The summed E-state index contributed by atoms with van der Waals surface area (Å²) < 4.78 is 5.70. The highest BCUT2D eigenvalue weighted by Gasteiger charge is 2.69. The molecule has 1 aliphatic rings. The molecule has 110 valence electrons. The zero-order valence-corrected chi connectivity index (χ0v) is 12.7. The second kappa shape index (κ2) is 4.96. The molecule has 1 aromatic heterocycles. The second-order valence-electron chi connectivity index (χ2n) is 5.13. The van der Waals surface area contributed by atoms with Gasteiger partial charge in [-0.1, -0.05) is 18.2 Å². The lowest BCUT2D eigenvalue weighted by Crippen LogP contribution is -2.22. The Morgan fingerprint density at radius 3 is 2.67 bits per heavy atom. The largest absolute Gasteiger partial charge is 0.457 e. The first-order valence-electron chi connectivity index (χ1n) is 6.32. The van der Waals surface area contributed by atoms with Gasteiger partial charge in [0.25, 0.3) is 0 Å². The summed E-state index contributed by atoms with van der Waals surface area (Å²) in [6, 6.07) is 9.33. The number of para-hydroxylation sites is 1. The lowest BCUT2D eigenvalue weighted by atomic mass is 10.1. The van der Waals surface area contributed by atoms with Gasteiger partial charge in [0.05, 0.1) is 5.69 Å². The zero-order chi connectivity index (χ0) is 15.1. The fraction of sp³-hybridized carbons (Fsp3) is 0.385. The standard InChI is InChI=1S/C13H12Cl2N4O2/c1-12(8-13(12,14)15)11(20)21-7-10-16-17-18-19(10)9-5-3-2-4-6-9/h2-6H,7-8H2,1H3/t12-/m1/s1. The van der Waals surface area contributed by atoms with Crippen LogP contribution in [-0.2, 0) is 16.1 Å². The number of halogens is 2. The smallest absolute Gasteiger partial charge is 0.315 e. The van der Waals surface area contributed by atoms with Gasteiger partial charge in [0, 0.05) is 6.42 Å². The molecule has 3 rings (SSSR count). The number of carbonyl (C=O) groups excluding carboxylic acids is 1. The van der Waals surface area contributed by atoms with Gasteiger partial charge in [-0.15, -0.1) is 28.3 Å². The minimum absolute atomic E-state index is 0.0415. The van der Waals surface area contributed by atoms with Crippen molar-refractivity contribution in [2.24, 2.45) is 5.41 Å². The number of rotatable bonds is 4. The van der Waals surface area contributed by atoms with Crippen molar-refractivity contribution in [1.82, 2.24) is 20.2 Å². The molecule has 0 aliphatic heterocycles. The van der Waals surface area contributed by atoms with Crippen molar-refractivity contribution in [2.75, 3.05) is 0 Å². The van der Waals surface area contributed by atoms with E-state index in [2.05, 4.69) is 15.5 Å². The van der Waals surface area contributed by atoms with Crippen LogP contribution in [0, 0.1) is 5.41 Å². The third-order valence-electron chi connectivity index (χ3n) is 3.58. The van der Waals surface area contributed by atoms with E-state index >= 15 is 0 Å². The molecule has 1 atom stereocenters. The fourth-order valence-corrected chi connectivity index (χ4v) is 2.67. The third kappa shape index (κ3) is 2.49. The van der Waals surface area contributed by atoms with Crippen LogP contribution in [0.2, 0.25) is 0 Å². The quantitative estimate of drug-likeness (QED) is 0.636. The first-order chi connectivity index (χ1) is 9.94. The van der Waals surface area contributed by atoms with E-state index in [9.17, 15) is 4.79 Å². The van der Waals surface area contributed by atoms with Crippen molar-refractivity contribution in [3.05, 3.63) is 36.2 Å². The monoisotopic (exact) mass is 326 g/mol. The molecular formula is C13H12Cl2N4O2. The van der Waals surface area contributed by atoms with E-state index in [1.807, 2.05) is 30.3 Å². The van der Waals surface area contributed by atoms with Gasteiger partial charge in [-0.3, -0.25) is 4.79 Å². The number of benzene rings is 1. The Morgan fingerprint density at radius 1 is 1.38 bits per heavy atom. The summed E-state index contributed by atoms with van der Waals surface area (Å²) in [5.41, 5.74) is -0.0727. The molecule has 21 heavy (non-hydrogen) atoms. The molecule has 1 aromatic carbocycles. The van der Waals surface area contributed by atoms with Crippen LogP contribution in [0.1, 0.15) is 19.2 Å². The van der Waals surface area contributed by atoms with Crippen molar-refractivity contribution in [3.8, 4) is 5.69 Å². The molecule has 0 unspecified atom stereocenters. The molecular weight excluding hydrogens is 315 g/mol. The maximum atomic E-state index is 12.0. The second-order valence-corrected chi connectivity index (χ2v) is 6.62. The van der Waals surface area contributed by atoms with Gasteiger partial charge in [-0.05, 0) is 29.5 Å². The normalized spacial score (nSPS) is 22.8. The zero-order valence-electron chi connectivity index (χ0n) is 11.2. The average molecular weight is 327 g/mol. The predicted octanol–water partition coefficient (Wildman–Crippen LogP) is 2.29. The van der Waals surface area contributed by atoms with Crippen LogP contribution >= 0.6 is 23.2 Å². The Morgan fingerprint density at radius 2 is 2.05 bits per heavy atom. The van der Waals surface area contributed by atoms with Gasteiger partial charge in [-0.25, -0.2) is 0 Å². The van der Waals surface area contributed by atoms with Crippen molar-refractivity contribution in [3.63, 3.8) is 0 Å². The number of ether oxygens (including phenoxy) is 1. The Hall–Kier alpha value is -1.66. The number of aromatic nitrogens is 4. The van der Waals surface area contributed by atoms with Gasteiger partial charge in [0.1, 0.15) is 9.75 Å². The number of tetrazole rings is 1. The number of alkyl halides is 2. The van der Waals surface area contributed by atoms with Crippen LogP contribution in [0.25, 0.3) is 5.69 Å². The number of nitrogens with zero attached hydrogens (tertiary/aromatic N) is 4. The van der Waals surface area contributed by atoms with Crippen LogP contribution in [0.5, 0.6) is 0 Å². The number of esters is 1. The summed E-state index contributed by atoms with van der Waals surface area (Å²) in [5, 5.41) is 11.3. The highest BCUT2D eigenvalue weighted by atomic mass is 35.5. The summed E-state index contributed by atoms with van der Waals surface area (Å²) in [6.45, 7) is 1.63. The molecule has 0 radical (unpaired) electrons. The van der Waals surface area contributed by atoms with E-state index < -0.39 is 15.7 Å². The summed E-state index contributed by atoms with van der Waals surface area (Å²) >= 11 is 11.9. The summed E-state index contributed by atoms with van der Waals surface area (Å²) in [4.78, 5) is 12.0. The fourth-order valence-electron chi connectivity index (χ4n) is 1.98. The Balaban J connectivity index is 1.70. The van der Waals surface area contributed by atoms with Gasteiger partial charge in [0.2, 0.25) is 0 Å². The van der Waals surface area contributed by atoms with Crippen molar-refractivity contribution < 1.29 is 9.53 Å². The van der Waals surface area contributed by atoms with Gasteiger partial charge < -0.3 is 4.74 Å². The summed E-state index contributed by atoms with van der Waals surface area (Å²) in [6.07, 6.45) is 0.381. The summed E-state index contributed by atoms with van der Waals surface area (Å²) in [5.74, 6) is -0.0244. The first kappa shape index (κ1) is 14.3. The Labute approximate surface area is 131 Å². The van der Waals surface area contributed by atoms with E-state index in [0.29, 0.717) is 12.2 Å². The van der Waals surface area contributed by atoms with Crippen molar-refractivity contribution in [2.45, 2.75) is 24.3 Å². The Bertz CT molecular complexity index is 674. The van der Waals surface area contributed by atoms with Crippen molar-refractivity contribution in [1.29, 1.82) is 0 Å². The SMILES string of the molecule is C[C@]1(C(=O)OCc2nnnn2-c2ccccc2)CC1(Cl)Cl. The minimum atomic E-state index is -1.05. The number of hydrogen-bond donors (Lipinski definition) is 0. The van der Waals surface area contributed by atoms with Gasteiger partial charge in [-0.2, -0.15) is 4.68 Å². The van der Waals surface area contributed by atoms with E-state index in [1.54, 1.807) is 6.92 Å². The number of carbonyl (C=O) groups is 1. The van der Waals surface area contributed by atoms with E-state index in [-0.39, 0.29) is 6.61 Å².